The average molecular weight is 114 g/mol. The van der Waals surface area contributed by atoms with Crippen LogP contribution in [0.25, 0.3) is 0 Å². The zero-order chi connectivity index (χ0) is 5.98. The molecule has 2 atom stereocenters. The van der Waals surface area contributed by atoms with E-state index in [-0.39, 0.29) is 0 Å². The highest BCUT2D eigenvalue weighted by atomic mass is 14.9. The molecule has 48 valence electrons. The van der Waals surface area contributed by atoms with E-state index in [0.29, 0.717) is 0 Å². The van der Waals surface area contributed by atoms with Crippen molar-refractivity contribution in [3.05, 3.63) is 0 Å². The maximum absolute atomic E-state index is 5.48. The van der Waals surface area contributed by atoms with Gasteiger partial charge in [0.25, 0.3) is 0 Å². The van der Waals surface area contributed by atoms with Crippen LogP contribution in [0.2, 0.25) is 0 Å². The van der Waals surface area contributed by atoms with Crippen LogP contribution in [0.4, 0.5) is 0 Å². The Morgan fingerprint density at radius 3 is 2.62 bits per heavy atom. The van der Waals surface area contributed by atoms with Gasteiger partial charge in [0.05, 0.1) is 0 Å². The maximum Gasteiger partial charge on any atom is -0.000531 e. The summed E-state index contributed by atoms with van der Waals surface area (Å²) in [5, 5.41) is 3.29. The molecule has 0 bridgehead atoms. The van der Waals surface area contributed by atoms with Crippen LogP contribution < -0.4 is 11.1 Å². The molecule has 0 aromatic heterocycles. The molecule has 0 radical (unpaired) electrons. The third kappa shape index (κ3) is 1.01. The van der Waals surface area contributed by atoms with Crippen LogP contribution in [0.15, 0.2) is 0 Å². The van der Waals surface area contributed by atoms with Gasteiger partial charge in [0.1, 0.15) is 0 Å². The van der Waals surface area contributed by atoms with Crippen molar-refractivity contribution in [2.24, 2.45) is 17.6 Å². The van der Waals surface area contributed by atoms with E-state index in [1.54, 1.807) is 0 Å². The number of nitrogens with one attached hydrogen (secondary N) is 1. The summed E-state index contributed by atoms with van der Waals surface area (Å²) in [7, 11) is 0. The second-order valence-electron chi connectivity index (χ2n) is 2.63. The summed E-state index contributed by atoms with van der Waals surface area (Å²) in [5.41, 5.74) is 5.48. The van der Waals surface area contributed by atoms with E-state index < -0.39 is 0 Å². The highest BCUT2D eigenvalue weighted by Gasteiger charge is 2.20. The molecule has 0 aromatic carbocycles. The first-order valence-corrected chi connectivity index (χ1v) is 3.25. The molecule has 1 rings (SSSR count). The minimum absolute atomic E-state index is 0.731. The third-order valence-corrected chi connectivity index (χ3v) is 1.98. The molecule has 2 heteroatoms. The van der Waals surface area contributed by atoms with Crippen molar-refractivity contribution in [2.45, 2.75) is 6.92 Å². The third-order valence-electron chi connectivity index (χ3n) is 1.98. The van der Waals surface area contributed by atoms with Crippen LogP contribution >= 0.6 is 0 Å². The molecular formula is C6H14N2. The van der Waals surface area contributed by atoms with Crippen molar-refractivity contribution in [1.29, 1.82) is 0 Å². The second-order valence-corrected chi connectivity index (χ2v) is 2.63. The Morgan fingerprint density at radius 2 is 2.38 bits per heavy atom. The first-order valence-electron chi connectivity index (χ1n) is 3.25. The molecule has 1 aliphatic rings. The van der Waals surface area contributed by atoms with Crippen molar-refractivity contribution in [3.63, 3.8) is 0 Å². The van der Waals surface area contributed by atoms with E-state index >= 15 is 0 Å². The Kier molecular flexibility index (Phi) is 1.86. The number of nitrogens with two attached hydrogens (primary N) is 1. The minimum Gasteiger partial charge on any atom is -0.330 e. The van der Waals surface area contributed by atoms with Gasteiger partial charge >= 0.3 is 0 Å². The maximum atomic E-state index is 5.48. The predicted molar refractivity (Wildman–Crippen MR) is 34.6 cm³/mol. The van der Waals surface area contributed by atoms with E-state index in [9.17, 15) is 0 Å². The molecule has 0 aromatic rings. The lowest BCUT2D eigenvalue weighted by molar-refractivity contribution is 0.463. The van der Waals surface area contributed by atoms with Crippen LogP contribution in [0.1, 0.15) is 6.92 Å². The Bertz CT molecular complexity index is 72.9. The minimum atomic E-state index is 0.731. The molecule has 0 spiro atoms. The molecule has 1 heterocycles. The lowest BCUT2D eigenvalue weighted by Gasteiger charge is -2.08. The Labute approximate surface area is 50.4 Å². The second kappa shape index (κ2) is 2.46. The van der Waals surface area contributed by atoms with Crippen molar-refractivity contribution in [3.8, 4) is 0 Å². The molecule has 0 aliphatic carbocycles. The van der Waals surface area contributed by atoms with E-state index in [2.05, 4.69) is 12.2 Å². The van der Waals surface area contributed by atoms with Crippen molar-refractivity contribution >= 4 is 0 Å². The van der Waals surface area contributed by atoms with E-state index in [1.165, 1.54) is 0 Å². The van der Waals surface area contributed by atoms with Crippen molar-refractivity contribution in [1.82, 2.24) is 5.32 Å². The number of hydrogen-bond donors (Lipinski definition) is 2. The fourth-order valence-electron chi connectivity index (χ4n) is 1.18. The van der Waals surface area contributed by atoms with Crippen LogP contribution in [0.5, 0.6) is 0 Å². The molecule has 0 unspecified atom stereocenters. The van der Waals surface area contributed by atoms with Gasteiger partial charge in [-0.05, 0) is 31.5 Å². The normalized spacial score (nSPS) is 38.2. The van der Waals surface area contributed by atoms with Gasteiger partial charge in [0.2, 0.25) is 0 Å². The summed E-state index contributed by atoms with van der Waals surface area (Å²) >= 11 is 0. The van der Waals surface area contributed by atoms with Crippen LogP contribution in [0, 0.1) is 11.8 Å². The summed E-state index contributed by atoms with van der Waals surface area (Å²) in [4.78, 5) is 0. The molecule has 8 heavy (non-hydrogen) atoms. The summed E-state index contributed by atoms with van der Waals surface area (Å²) < 4.78 is 0. The van der Waals surface area contributed by atoms with E-state index in [4.69, 9.17) is 5.73 Å². The van der Waals surface area contributed by atoms with Crippen LogP contribution in [0.3, 0.4) is 0 Å². The van der Waals surface area contributed by atoms with Crippen LogP contribution in [-0.4, -0.2) is 19.6 Å². The zero-order valence-corrected chi connectivity index (χ0v) is 5.35. The monoisotopic (exact) mass is 114 g/mol. The summed E-state index contributed by atoms with van der Waals surface area (Å²) in [6, 6.07) is 0. The SMILES string of the molecule is C[C@H]1CNC[C@@H]1CN. The van der Waals surface area contributed by atoms with E-state index in [0.717, 1.165) is 31.5 Å². The van der Waals surface area contributed by atoms with Crippen molar-refractivity contribution < 1.29 is 0 Å². The lowest BCUT2D eigenvalue weighted by atomic mass is 9.99. The molecule has 1 aliphatic heterocycles. The van der Waals surface area contributed by atoms with Gasteiger partial charge in [-0.1, -0.05) is 6.92 Å². The van der Waals surface area contributed by atoms with Gasteiger partial charge in [-0.3, -0.25) is 0 Å². The number of hydrogen-bond acceptors (Lipinski definition) is 2. The first kappa shape index (κ1) is 6.05. The standard InChI is InChI=1S/C6H14N2/c1-5-3-8-4-6(5)2-7/h5-6,8H,2-4,7H2,1H3/t5-,6-/m0/s1. The molecule has 1 saturated heterocycles. The highest BCUT2D eigenvalue weighted by molar-refractivity contribution is 4.77. The molecule has 2 nitrogen and oxygen atoms in total. The fraction of sp³-hybridized carbons (Fsp3) is 1.00. The van der Waals surface area contributed by atoms with Gasteiger partial charge in [0.15, 0.2) is 0 Å². The average Bonchev–Trinajstić information content (AvgIpc) is 2.14. The van der Waals surface area contributed by atoms with Gasteiger partial charge in [-0.15, -0.1) is 0 Å². The Morgan fingerprint density at radius 1 is 1.62 bits per heavy atom. The van der Waals surface area contributed by atoms with Gasteiger partial charge < -0.3 is 11.1 Å². The predicted octanol–water partition coefficient (Wildman–Crippen LogP) is -0.199. The molecule has 1 fully saturated rings. The van der Waals surface area contributed by atoms with E-state index in [1.807, 2.05) is 0 Å². The van der Waals surface area contributed by atoms with Crippen molar-refractivity contribution in [2.75, 3.05) is 19.6 Å². The first-order chi connectivity index (χ1) is 3.84. The summed E-state index contributed by atoms with van der Waals surface area (Å²) in [6.45, 7) is 5.37. The van der Waals surface area contributed by atoms with Gasteiger partial charge in [0, 0.05) is 0 Å². The molecule has 0 saturated carbocycles. The van der Waals surface area contributed by atoms with Gasteiger partial charge in [-0.2, -0.15) is 0 Å². The Hall–Kier alpha value is -0.0800. The largest absolute Gasteiger partial charge is 0.330 e. The topological polar surface area (TPSA) is 38.0 Å². The summed E-state index contributed by atoms with van der Waals surface area (Å²) in [6.07, 6.45) is 0. The smallest absolute Gasteiger partial charge is 0.000531 e. The Balaban J connectivity index is 2.30. The number of rotatable bonds is 1. The quantitative estimate of drug-likeness (QED) is 0.495. The molecular weight excluding hydrogens is 100 g/mol. The fourth-order valence-corrected chi connectivity index (χ4v) is 1.18. The van der Waals surface area contributed by atoms with Crippen LogP contribution in [-0.2, 0) is 0 Å². The lowest BCUT2D eigenvalue weighted by Crippen LogP contribution is -2.20. The molecule has 0 amide bonds. The molecule has 3 N–H and O–H groups in total. The zero-order valence-electron chi connectivity index (χ0n) is 5.35. The summed E-state index contributed by atoms with van der Waals surface area (Å²) in [5.74, 6) is 1.52. The highest BCUT2D eigenvalue weighted by Crippen LogP contribution is 2.12. The van der Waals surface area contributed by atoms with Gasteiger partial charge in [-0.25, -0.2) is 0 Å².